The van der Waals surface area contributed by atoms with Crippen molar-refractivity contribution in [2.45, 2.75) is 31.7 Å². The molecule has 0 atom stereocenters. The number of aromatic amines is 1. The molecule has 1 aliphatic rings. The van der Waals surface area contributed by atoms with Gasteiger partial charge in [-0.05, 0) is 19.9 Å². The molecule has 12 heavy (non-hydrogen) atoms. The number of H-pyrrole nitrogens is 1. The van der Waals surface area contributed by atoms with Crippen LogP contribution in [0.3, 0.4) is 0 Å². The standard InChI is InChI=1S/C9H15N3/c1-10-5-8-6-11-12-9(8)7-3-2-4-7/h6-7,10H,2-5H2,1H3,(H,11,12). The predicted octanol–water partition coefficient (Wildman–Crippen LogP) is 1.40. The Balaban J connectivity index is 2.12. The van der Waals surface area contributed by atoms with Crippen LogP contribution in [0, 0.1) is 0 Å². The average Bonchev–Trinajstić information content (AvgIpc) is 2.35. The molecule has 0 saturated heterocycles. The largest absolute Gasteiger partial charge is 0.316 e. The maximum absolute atomic E-state index is 4.08. The van der Waals surface area contributed by atoms with Crippen molar-refractivity contribution in [3.8, 4) is 0 Å². The molecule has 1 aromatic rings. The molecule has 66 valence electrons. The van der Waals surface area contributed by atoms with Gasteiger partial charge < -0.3 is 5.32 Å². The van der Waals surface area contributed by atoms with Crippen LogP contribution in [-0.4, -0.2) is 17.2 Å². The maximum atomic E-state index is 4.08. The fourth-order valence-corrected chi connectivity index (χ4v) is 1.70. The van der Waals surface area contributed by atoms with E-state index in [-0.39, 0.29) is 0 Å². The minimum atomic E-state index is 0.760. The van der Waals surface area contributed by atoms with Crippen LogP contribution < -0.4 is 5.32 Å². The summed E-state index contributed by atoms with van der Waals surface area (Å²) in [5, 5.41) is 10.3. The van der Waals surface area contributed by atoms with Crippen LogP contribution >= 0.6 is 0 Å². The Morgan fingerprint density at radius 3 is 3.08 bits per heavy atom. The summed E-state index contributed by atoms with van der Waals surface area (Å²) >= 11 is 0. The molecule has 1 fully saturated rings. The second kappa shape index (κ2) is 3.27. The average molecular weight is 165 g/mol. The predicted molar refractivity (Wildman–Crippen MR) is 47.9 cm³/mol. The molecular weight excluding hydrogens is 150 g/mol. The Kier molecular flexibility index (Phi) is 2.13. The lowest BCUT2D eigenvalue weighted by atomic mass is 9.81. The zero-order chi connectivity index (χ0) is 8.39. The smallest absolute Gasteiger partial charge is 0.0535 e. The van der Waals surface area contributed by atoms with E-state index >= 15 is 0 Å². The van der Waals surface area contributed by atoms with Gasteiger partial charge in [-0.3, -0.25) is 5.10 Å². The molecule has 1 aromatic heterocycles. The topological polar surface area (TPSA) is 40.7 Å². The van der Waals surface area contributed by atoms with Crippen molar-refractivity contribution < 1.29 is 0 Å². The summed E-state index contributed by atoms with van der Waals surface area (Å²) in [7, 11) is 1.97. The van der Waals surface area contributed by atoms with Gasteiger partial charge in [0.1, 0.15) is 0 Å². The van der Waals surface area contributed by atoms with E-state index in [2.05, 4.69) is 15.5 Å². The molecule has 3 heteroatoms. The first-order valence-electron chi connectivity index (χ1n) is 4.58. The van der Waals surface area contributed by atoms with Crippen molar-refractivity contribution in [1.29, 1.82) is 0 Å². The number of nitrogens with zero attached hydrogens (tertiary/aromatic N) is 1. The SMILES string of the molecule is CNCc1cn[nH]c1C1CCC1. The summed E-state index contributed by atoms with van der Waals surface area (Å²) in [5.74, 6) is 0.760. The lowest BCUT2D eigenvalue weighted by Gasteiger charge is -2.25. The molecule has 1 saturated carbocycles. The van der Waals surface area contributed by atoms with Gasteiger partial charge in [-0.2, -0.15) is 5.10 Å². The van der Waals surface area contributed by atoms with Crippen molar-refractivity contribution in [1.82, 2.24) is 15.5 Å². The summed E-state index contributed by atoms with van der Waals surface area (Å²) < 4.78 is 0. The first kappa shape index (κ1) is 7.80. The van der Waals surface area contributed by atoms with Crippen LogP contribution in [0.15, 0.2) is 6.20 Å². The van der Waals surface area contributed by atoms with Gasteiger partial charge in [0.2, 0.25) is 0 Å². The quantitative estimate of drug-likeness (QED) is 0.710. The van der Waals surface area contributed by atoms with Crippen molar-refractivity contribution in [2.24, 2.45) is 0 Å². The molecule has 1 aliphatic carbocycles. The van der Waals surface area contributed by atoms with E-state index in [1.54, 1.807) is 0 Å². The maximum Gasteiger partial charge on any atom is 0.0535 e. The number of hydrogen-bond acceptors (Lipinski definition) is 2. The van der Waals surface area contributed by atoms with Gasteiger partial charge in [-0.25, -0.2) is 0 Å². The third-order valence-electron chi connectivity index (χ3n) is 2.63. The molecular formula is C9H15N3. The zero-order valence-corrected chi connectivity index (χ0v) is 7.43. The lowest BCUT2D eigenvalue weighted by Crippen LogP contribution is -2.14. The van der Waals surface area contributed by atoms with Crippen LogP contribution in [0.1, 0.15) is 36.4 Å². The van der Waals surface area contributed by atoms with Crippen LogP contribution in [0.4, 0.5) is 0 Å². The molecule has 2 N–H and O–H groups in total. The highest BCUT2D eigenvalue weighted by Crippen LogP contribution is 2.36. The first-order chi connectivity index (χ1) is 5.92. The Labute approximate surface area is 72.6 Å². The van der Waals surface area contributed by atoms with Gasteiger partial charge >= 0.3 is 0 Å². The Hall–Kier alpha value is -0.830. The minimum absolute atomic E-state index is 0.760. The zero-order valence-electron chi connectivity index (χ0n) is 7.43. The molecule has 3 nitrogen and oxygen atoms in total. The van der Waals surface area contributed by atoms with E-state index < -0.39 is 0 Å². The molecule has 0 bridgehead atoms. The third kappa shape index (κ3) is 1.25. The summed E-state index contributed by atoms with van der Waals surface area (Å²) in [4.78, 5) is 0. The van der Waals surface area contributed by atoms with E-state index in [1.807, 2.05) is 13.2 Å². The first-order valence-corrected chi connectivity index (χ1v) is 4.58. The van der Waals surface area contributed by atoms with Gasteiger partial charge in [-0.1, -0.05) is 6.42 Å². The van der Waals surface area contributed by atoms with Crippen molar-refractivity contribution in [2.75, 3.05) is 7.05 Å². The highest BCUT2D eigenvalue weighted by atomic mass is 15.1. The summed E-state index contributed by atoms with van der Waals surface area (Å²) in [6, 6.07) is 0. The van der Waals surface area contributed by atoms with Crippen LogP contribution in [0.2, 0.25) is 0 Å². The van der Waals surface area contributed by atoms with E-state index in [4.69, 9.17) is 0 Å². The van der Waals surface area contributed by atoms with Gasteiger partial charge in [0.05, 0.1) is 6.20 Å². The number of aromatic nitrogens is 2. The Morgan fingerprint density at radius 2 is 2.50 bits per heavy atom. The molecule has 0 amide bonds. The second-order valence-corrected chi connectivity index (χ2v) is 3.47. The molecule has 0 unspecified atom stereocenters. The van der Waals surface area contributed by atoms with Crippen LogP contribution in [-0.2, 0) is 6.54 Å². The van der Waals surface area contributed by atoms with E-state index in [9.17, 15) is 0 Å². The summed E-state index contributed by atoms with van der Waals surface area (Å²) in [6.45, 7) is 0.933. The fourth-order valence-electron chi connectivity index (χ4n) is 1.70. The molecule has 0 aliphatic heterocycles. The van der Waals surface area contributed by atoms with Crippen molar-refractivity contribution in [3.05, 3.63) is 17.5 Å². The fraction of sp³-hybridized carbons (Fsp3) is 0.667. The van der Waals surface area contributed by atoms with Gasteiger partial charge in [0, 0.05) is 23.7 Å². The van der Waals surface area contributed by atoms with Gasteiger partial charge in [0.25, 0.3) is 0 Å². The van der Waals surface area contributed by atoms with Crippen LogP contribution in [0.25, 0.3) is 0 Å². The second-order valence-electron chi connectivity index (χ2n) is 3.47. The van der Waals surface area contributed by atoms with E-state index in [1.165, 1.54) is 30.5 Å². The van der Waals surface area contributed by atoms with E-state index in [0.717, 1.165) is 12.5 Å². The summed E-state index contributed by atoms with van der Waals surface area (Å²) in [5.41, 5.74) is 2.69. The Morgan fingerprint density at radius 1 is 1.67 bits per heavy atom. The summed E-state index contributed by atoms with van der Waals surface area (Å²) in [6.07, 6.45) is 5.98. The molecule has 0 spiro atoms. The highest BCUT2D eigenvalue weighted by molar-refractivity contribution is 5.21. The number of hydrogen-bond donors (Lipinski definition) is 2. The minimum Gasteiger partial charge on any atom is -0.316 e. The van der Waals surface area contributed by atoms with Gasteiger partial charge in [0.15, 0.2) is 0 Å². The normalized spacial score (nSPS) is 17.8. The van der Waals surface area contributed by atoms with Crippen molar-refractivity contribution in [3.63, 3.8) is 0 Å². The lowest BCUT2D eigenvalue weighted by molar-refractivity contribution is 0.407. The molecule has 0 radical (unpaired) electrons. The highest BCUT2D eigenvalue weighted by Gasteiger charge is 2.23. The number of nitrogens with one attached hydrogen (secondary N) is 2. The van der Waals surface area contributed by atoms with Crippen LogP contribution in [0.5, 0.6) is 0 Å². The van der Waals surface area contributed by atoms with Crippen molar-refractivity contribution >= 4 is 0 Å². The van der Waals surface area contributed by atoms with Gasteiger partial charge in [-0.15, -0.1) is 0 Å². The molecule has 2 rings (SSSR count). The monoisotopic (exact) mass is 165 g/mol. The third-order valence-corrected chi connectivity index (χ3v) is 2.63. The Bertz CT molecular complexity index is 250. The van der Waals surface area contributed by atoms with E-state index in [0.29, 0.717) is 0 Å². The molecule has 1 heterocycles. The number of rotatable bonds is 3. The molecule has 0 aromatic carbocycles.